The van der Waals surface area contributed by atoms with Crippen molar-refractivity contribution in [1.29, 1.82) is 0 Å². The Kier molecular flexibility index (Phi) is 3.66. The van der Waals surface area contributed by atoms with Gasteiger partial charge in [0.1, 0.15) is 10.3 Å². The van der Waals surface area contributed by atoms with Crippen LogP contribution < -0.4 is 5.56 Å². The second kappa shape index (κ2) is 5.06. The van der Waals surface area contributed by atoms with E-state index in [4.69, 9.17) is 0 Å². The van der Waals surface area contributed by atoms with Crippen LogP contribution in [0.1, 0.15) is 22.5 Å². The molecule has 0 radical (unpaired) electrons. The molecule has 0 bridgehead atoms. The summed E-state index contributed by atoms with van der Waals surface area (Å²) in [4.78, 5) is 16.2. The van der Waals surface area contributed by atoms with E-state index in [1.165, 1.54) is 11.1 Å². The van der Waals surface area contributed by atoms with E-state index >= 15 is 0 Å². The summed E-state index contributed by atoms with van der Waals surface area (Å²) in [6, 6.07) is 6.24. The number of hydrogen-bond donors (Lipinski definition) is 0. The molecule has 1 aromatic carbocycles. The minimum absolute atomic E-state index is 0.0410. The number of halogens is 1. The smallest absolute Gasteiger partial charge is 0.268 e. The number of nitrogens with zero attached hydrogens (tertiary/aromatic N) is 2. The first-order valence-corrected chi connectivity index (χ1v) is 6.56. The Bertz CT molecular complexity index is 647. The van der Waals surface area contributed by atoms with Crippen molar-refractivity contribution < 1.29 is 0 Å². The topological polar surface area (TPSA) is 34.9 Å². The highest BCUT2D eigenvalue weighted by Crippen LogP contribution is 2.11. The van der Waals surface area contributed by atoms with E-state index in [9.17, 15) is 4.79 Å². The Balaban J connectivity index is 2.43. The molecule has 0 N–H and O–H groups in total. The predicted molar refractivity (Wildman–Crippen MR) is 76.0 cm³/mol. The first kappa shape index (κ1) is 13.0. The van der Waals surface area contributed by atoms with Crippen molar-refractivity contribution in [3.05, 3.63) is 61.7 Å². The quantitative estimate of drug-likeness (QED) is 0.855. The molecule has 18 heavy (non-hydrogen) atoms. The maximum Gasteiger partial charge on any atom is 0.268 e. The Hall–Kier alpha value is -1.42. The van der Waals surface area contributed by atoms with Gasteiger partial charge in [-0.25, -0.2) is 4.98 Å². The molecule has 0 atom stereocenters. The van der Waals surface area contributed by atoms with E-state index in [1.54, 1.807) is 10.8 Å². The van der Waals surface area contributed by atoms with E-state index in [0.29, 0.717) is 11.0 Å². The lowest BCUT2D eigenvalue weighted by Gasteiger charge is -2.10. The third-order valence-electron chi connectivity index (χ3n) is 3.12. The van der Waals surface area contributed by atoms with Crippen LogP contribution in [0.15, 0.2) is 33.7 Å². The number of hydrogen-bond acceptors (Lipinski definition) is 2. The number of benzene rings is 1. The van der Waals surface area contributed by atoms with E-state index in [1.807, 2.05) is 6.92 Å². The third kappa shape index (κ3) is 2.53. The molecule has 0 amide bonds. The van der Waals surface area contributed by atoms with Crippen LogP contribution in [0.2, 0.25) is 0 Å². The van der Waals surface area contributed by atoms with Crippen molar-refractivity contribution in [2.45, 2.75) is 27.3 Å². The molecular weight excluding hydrogens is 292 g/mol. The fourth-order valence-electron chi connectivity index (χ4n) is 1.82. The van der Waals surface area contributed by atoms with Gasteiger partial charge >= 0.3 is 0 Å². The highest BCUT2D eigenvalue weighted by atomic mass is 79.9. The Labute approximate surface area is 115 Å². The largest absolute Gasteiger partial charge is 0.291 e. The SMILES string of the molecule is Cc1ccc(Cn2c(C)ncc(Br)c2=O)cc1C. The molecule has 2 rings (SSSR count). The molecule has 0 saturated heterocycles. The molecule has 0 fully saturated rings. The average molecular weight is 307 g/mol. The summed E-state index contributed by atoms with van der Waals surface area (Å²) in [5.74, 6) is 0.724. The Morgan fingerprint density at radius 3 is 2.61 bits per heavy atom. The average Bonchev–Trinajstić information content (AvgIpc) is 2.34. The molecule has 2 aromatic rings. The maximum atomic E-state index is 12.0. The summed E-state index contributed by atoms with van der Waals surface area (Å²) in [6.07, 6.45) is 1.55. The van der Waals surface area contributed by atoms with Gasteiger partial charge in [0.05, 0.1) is 6.54 Å². The number of aryl methyl sites for hydroxylation is 3. The predicted octanol–water partition coefficient (Wildman–Crippen LogP) is 2.98. The number of aromatic nitrogens is 2. The van der Waals surface area contributed by atoms with Crippen LogP contribution in [-0.2, 0) is 6.54 Å². The highest BCUT2D eigenvalue weighted by molar-refractivity contribution is 9.10. The maximum absolute atomic E-state index is 12.0. The summed E-state index contributed by atoms with van der Waals surface area (Å²) in [5, 5.41) is 0. The molecule has 0 aliphatic heterocycles. The van der Waals surface area contributed by atoms with Gasteiger partial charge < -0.3 is 0 Å². The van der Waals surface area contributed by atoms with Gasteiger partial charge in [0.2, 0.25) is 0 Å². The molecule has 4 heteroatoms. The lowest BCUT2D eigenvalue weighted by Crippen LogP contribution is -2.24. The van der Waals surface area contributed by atoms with E-state index in [-0.39, 0.29) is 5.56 Å². The van der Waals surface area contributed by atoms with Crippen molar-refractivity contribution in [1.82, 2.24) is 9.55 Å². The first-order valence-electron chi connectivity index (χ1n) is 5.77. The van der Waals surface area contributed by atoms with Gasteiger partial charge in [-0.15, -0.1) is 0 Å². The fraction of sp³-hybridized carbons (Fsp3) is 0.286. The van der Waals surface area contributed by atoms with Crippen LogP contribution in [0.25, 0.3) is 0 Å². The van der Waals surface area contributed by atoms with Crippen molar-refractivity contribution in [2.24, 2.45) is 0 Å². The summed E-state index contributed by atoms with van der Waals surface area (Å²) < 4.78 is 2.17. The van der Waals surface area contributed by atoms with Crippen LogP contribution in [-0.4, -0.2) is 9.55 Å². The van der Waals surface area contributed by atoms with Crippen LogP contribution in [0.3, 0.4) is 0 Å². The molecule has 1 heterocycles. The normalized spacial score (nSPS) is 10.7. The van der Waals surface area contributed by atoms with Crippen LogP contribution in [0.5, 0.6) is 0 Å². The lowest BCUT2D eigenvalue weighted by molar-refractivity contribution is 0.695. The van der Waals surface area contributed by atoms with Gasteiger partial charge in [-0.05, 0) is 53.4 Å². The zero-order chi connectivity index (χ0) is 13.3. The molecule has 1 aromatic heterocycles. The third-order valence-corrected chi connectivity index (χ3v) is 3.66. The lowest BCUT2D eigenvalue weighted by atomic mass is 10.1. The Morgan fingerprint density at radius 2 is 1.94 bits per heavy atom. The summed E-state index contributed by atoms with van der Waals surface area (Å²) in [7, 11) is 0. The summed E-state index contributed by atoms with van der Waals surface area (Å²) in [5.41, 5.74) is 3.57. The fourth-order valence-corrected chi connectivity index (χ4v) is 2.14. The van der Waals surface area contributed by atoms with Crippen LogP contribution >= 0.6 is 15.9 Å². The molecule has 0 spiro atoms. The van der Waals surface area contributed by atoms with Gasteiger partial charge in [0.15, 0.2) is 0 Å². The summed E-state index contributed by atoms with van der Waals surface area (Å²) >= 11 is 3.22. The zero-order valence-electron chi connectivity index (χ0n) is 10.7. The van der Waals surface area contributed by atoms with E-state index < -0.39 is 0 Å². The van der Waals surface area contributed by atoms with Crippen molar-refractivity contribution in [2.75, 3.05) is 0 Å². The van der Waals surface area contributed by atoms with Crippen molar-refractivity contribution >= 4 is 15.9 Å². The molecule has 3 nitrogen and oxygen atoms in total. The minimum Gasteiger partial charge on any atom is -0.291 e. The number of rotatable bonds is 2. The molecule has 0 aliphatic rings. The van der Waals surface area contributed by atoms with Gasteiger partial charge in [-0.3, -0.25) is 9.36 Å². The van der Waals surface area contributed by atoms with Crippen LogP contribution in [0.4, 0.5) is 0 Å². The second-order valence-electron chi connectivity index (χ2n) is 4.46. The highest BCUT2D eigenvalue weighted by Gasteiger charge is 2.06. The molecule has 94 valence electrons. The molecular formula is C14H15BrN2O. The molecule has 0 unspecified atom stereocenters. The van der Waals surface area contributed by atoms with Crippen molar-refractivity contribution in [3.8, 4) is 0 Å². The zero-order valence-corrected chi connectivity index (χ0v) is 12.3. The van der Waals surface area contributed by atoms with Gasteiger partial charge in [0, 0.05) is 6.20 Å². The molecule has 0 aliphatic carbocycles. The van der Waals surface area contributed by atoms with Gasteiger partial charge in [-0.1, -0.05) is 18.2 Å². The van der Waals surface area contributed by atoms with E-state index in [0.717, 1.165) is 11.4 Å². The van der Waals surface area contributed by atoms with Gasteiger partial charge in [0.25, 0.3) is 5.56 Å². The second-order valence-corrected chi connectivity index (χ2v) is 5.32. The Morgan fingerprint density at radius 1 is 1.22 bits per heavy atom. The molecule has 0 saturated carbocycles. The van der Waals surface area contributed by atoms with E-state index in [2.05, 4.69) is 53.0 Å². The van der Waals surface area contributed by atoms with Crippen LogP contribution in [0, 0.1) is 20.8 Å². The van der Waals surface area contributed by atoms with Crippen molar-refractivity contribution in [3.63, 3.8) is 0 Å². The van der Waals surface area contributed by atoms with Gasteiger partial charge in [-0.2, -0.15) is 0 Å². The minimum atomic E-state index is -0.0410. The first-order chi connectivity index (χ1) is 8.49. The summed E-state index contributed by atoms with van der Waals surface area (Å²) in [6.45, 7) is 6.55. The standard InChI is InChI=1S/C14H15BrN2O/c1-9-4-5-12(6-10(9)2)8-17-11(3)16-7-13(15)14(17)18/h4-7H,8H2,1-3H3. The monoisotopic (exact) mass is 306 g/mol.